The number of aromatic nitrogens is 3. The fourth-order valence-corrected chi connectivity index (χ4v) is 3.27. The summed E-state index contributed by atoms with van der Waals surface area (Å²) in [7, 11) is 0. The summed E-state index contributed by atoms with van der Waals surface area (Å²) in [6, 6.07) is 13.7. The highest BCUT2D eigenvalue weighted by atomic mass is 19.1. The first kappa shape index (κ1) is 19.4. The van der Waals surface area contributed by atoms with Crippen molar-refractivity contribution in [3.05, 3.63) is 92.5 Å². The van der Waals surface area contributed by atoms with Gasteiger partial charge in [0.05, 0.1) is 5.52 Å². The summed E-state index contributed by atoms with van der Waals surface area (Å²) >= 11 is 0. The van der Waals surface area contributed by atoms with Gasteiger partial charge < -0.3 is 15.3 Å². The number of nitrogens with zero attached hydrogens (tertiary/aromatic N) is 1. The number of amides is 1. The van der Waals surface area contributed by atoms with Crippen molar-refractivity contribution < 1.29 is 9.18 Å². The van der Waals surface area contributed by atoms with Crippen LogP contribution in [0.4, 0.5) is 4.39 Å². The van der Waals surface area contributed by atoms with E-state index >= 15 is 0 Å². The Morgan fingerprint density at radius 3 is 2.50 bits per heavy atom. The third-order valence-electron chi connectivity index (χ3n) is 4.89. The normalized spacial score (nSPS) is 11.0. The maximum absolute atomic E-state index is 14.1. The minimum atomic E-state index is -0.741. The number of fused-ring (bicyclic) bond motifs is 1. The van der Waals surface area contributed by atoms with E-state index in [0.29, 0.717) is 5.56 Å². The summed E-state index contributed by atoms with van der Waals surface area (Å²) in [4.78, 5) is 42.9. The summed E-state index contributed by atoms with van der Waals surface area (Å²) in [5.74, 6) is -0.942. The zero-order chi connectivity index (χ0) is 21.3. The van der Waals surface area contributed by atoms with Crippen molar-refractivity contribution in [3.8, 4) is 11.1 Å². The third-order valence-corrected chi connectivity index (χ3v) is 4.89. The average Bonchev–Trinajstić information content (AvgIpc) is 3.14. The van der Waals surface area contributed by atoms with Gasteiger partial charge >= 0.3 is 5.69 Å². The minimum absolute atomic E-state index is 0.0965. The Bertz CT molecular complexity index is 1350. The van der Waals surface area contributed by atoms with E-state index in [-0.39, 0.29) is 23.1 Å². The molecule has 0 radical (unpaired) electrons. The molecule has 0 saturated carbocycles. The van der Waals surface area contributed by atoms with E-state index in [1.165, 1.54) is 12.3 Å². The standard InChI is InChI=1S/C22H19FN4O3/c1-13-6-8-14(9-7-13)10-24-18(28)12-27-21(29)20-19(26-22(27)30)16(11-25-20)15-4-2-3-5-17(15)23/h2-9,11,25H,10,12H2,1H3,(H,24,28)(H,26,30). The van der Waals surface area contributed by atoms with Crippen molar-refractivity contribution >= 4 is 16.9 Å². The molecule has 2 aromatic heterocycles. The first-order chi connectivity index (χ1) is 14.4. The molecule has 3 N–H and O–H groups in total. The van der Waals surface area contributed by atoms with Crippen molar-refractivity contribution in [2.45, 2.75) is 20.0 Å². The maximum Gasteiger partial charge on any atom is 0.329 e. The van der Waals surface area contributed by atoms with E-state index in [4.69, 9.17) is 0 Å². The molecule has 2 heterocycles. The molecule has 30 heavy (non-hydrogen) atoms. The van der Waals surface area contributed by atoms with Crippen LogP contribution in [0.5, 0.6) is 0 Å². The van der Waals surface area contributed by atoms with Gasteiger partial charge in [0.1, 0.15) is 17.9 Å². The van der Waals surface area contributed by atoms with E-state index in [9.17, 15) is 18.8 Å². The van der Waals surface area contributed by atoms with Crippen LogP contribution in [0.15, 0.2) is 64.3 Å². The Balaban J connectivity index is 1.60. The molecular formula is C22H19FN4O3. The number of hydrogen-bond donors (Lipinski definition) is 3. The number of aryl methyl sites for hydroxylation is 1. The molecule has 0 atom stereocenters. The van der Waals surface area contributed by atoms with Crippen molar-refractivity contribution in [3.63, 3.8) is 0 Å². The Morgan fingerprint density at radius 1 is 1.03 bits per heavy atom. The van der Waals surface area contributed by atoms with Crippen molar-refractivity contribution in [2.24, 2.45) is 0 Å². The summed E-state index contributed by atoms with van der Waals surface area (Å²) in [5, 5.41) is 2.70. The molecule has 0 saturated heterocycles. The zero-order valence-corrected chi connectivity index (χ0v) is 16.2. The van der Waals surface area contributed by atoms with Gasteiger partial charge in [0.2, 0.25) is 5.91 Å². The Labute approximate surface area is 170 Å². The van der Waals surface area contributed by atoms with Crippen LogP contribution < -0.4 is 16.6 Å². The highest BCUT2D eigenvalue weighted by molar-refractivity contribution is 5.92. The lowest BCUT2D eigenvalue weighted by atomic mass is 10.1. The van der Waals surface area contributed by atoms with E-state index < -0.39 is 29.5 Å². The van der Waals surface area contributed by atoms with Gasteiger partial charge in [-0.2, -0.15) is 0 Å². The summed E-state index contributed by atoms with van der Waals surface area (Å²) in [5.41, 5.74) is 1.55. The van der Waals surface area contributed by atoms with Gasteiger partial charge in [-0.05, 0) is 18.6 Å². The lowest BCUT2D eigenvalue weighted by Gasteiger charge is -2.08. The number of hydrogen-bond acceptors (Lipinski definition) is 3. The summed E-state index contributed by atoms with van der Waals surface area (Å²) in [6.07, 6.45) is 1.46. The number of rotatable bonds is 5. The smallest absolute Gasteiger partial charge is 0.329 e. The molecule has 0 aliphatic rings. The second kappa shape index (κ2) is 7.82. The van der Waals surface area contributed by atoms with Crippen LogP contribution in [0.25, 0.3) is 22.2 Å². The minimum Gasteiger partial charge on any atom is -0.355 e. The highest BCUT2D eigenvalue weighted by Crippen LogP contribution is 2.27. The number of carbonyl (C=O) groups is 1. The Kier molecular flexibility index (Phi) is 5.05. The van der Waals surface area contributed by atoms with Gasteiger partial charge in [0.15, 0.2) is 0 Å². The lowest BCUT2D eigenvalue weighted by molar-refractivity contribution is -0.121. The van der Waals surface area contributed by atoms with Gasteiger partial charge in [-0.1, -0.05) is 48.0 Å². The predicted octanol–water partition coefficient (Wildman–Crippen LogP) is 2.45. The molecule has 152 valence electrons. The van der Waals surface area contributed by atoms with Crippen LogP contribution in [0.2, 0.25) is 0 Å². The van der Waals surface area contributed by atoms with Crippen LogP contribution in [0.3, 0.4) is 0 Å². The molecule has 4 rings (SSSR count). The second-order valence-corrected chi connectivity index (χ2v) is 7.02. The number of nitrogens with one attached hydrogen (secondary N) is 3. The molecule has 0 aliphatic carbocycles. The van der Waals surface area contributed by atoms with Gasteiger partial charge in [0.25, 0.3) is 5.56 Å². The van der Waals surface area contributed by atoms with Crippen LogP contribution in [-0.2, 0) is 17.9 Å². The van der Waals surface area contributed by atoms with Gasteiger partial charge in [0, 0.05) is 23.9 Å². The van der Waals surface area contributed by atoms with Crippen molar-refractivity contribution in [1.29, 1.82) is 0 Å². The Hall–Kier alpha value is -3.94. The molecular weight excluding hydrogens is 387 g/mol. The average molecular weight is 406 g/mol. The highest BCUT2D eigenvalue weighted by Gasteiger charge is 2.17. The topological polar surface area (TPSA) is 99.8 Å². The molecule has 0 spiro atoms. The van der Waals surface area contributed by atoms with Gasteiger partial charge in [-0.15, -0.1) is 0 Å². The third kappa shape index (κ3) is 3.67. The molecule has 0 aliphatic heterocycles. The first-order valence-electron chi connectivity index (χ1n) is 9.35. The molecule has 7 nitrogen and oxygen atoms in total. The van der Waals surface area contributed by atoms with Gasteiger partial charge in [-0.25, -0.2) is 13.8 Å². The van der Waals surface area contributed by atoms with Crippen LogP contribution in [0.1, 0.15) is 11.1 Å². The monoisotopic (exact) mass is 406 g/mol. The largest absolute Gasteiger partial charge is 0.355 e. The fraction of sp³-hybridized carbons (Fsp3) is 0.136. The maximum atomic E-state index is 14.1. The number of benzene rings is 2. The number of halogens is 1. The first-order valence-corrected chi connectivity index (χ1v) is 9.35. The molecule has 1 amide bonds. The summed E-state index contributed by atoms with van der Waals surface area (Å²) in [6.45, 7) is 1.83. The predicted molar refractivity (Wildman–Crippen MR) is 112 cm³/mol. The number of H-pyrrole nitrogens is 2. The number of aromatic amines is 2. The Morgan fingerprint density at radius 2 is 1.77 bits per heavy atom. The van der Waals surface area contributed by atoms with E-state index in [1.54, 1.807) is 18.2 Å². The molecule has 0 unspecified atom stereocenters. The lowest BCUT2D eigenvalue weighted by Crippen LogP contribution is -2.40. The number of carbonyl (C=O) groups excluding carboxylic acids is 1. The van der Waals surface area contributed by atoms with Gasteiger partial charge in [-0.3, -0.25) is 9.59 Å². The SMILES string of the molecule is Cc1ccc(CNC(=O)Cn2c(=O)[nH]c3c(-c4ccccc4F)c[nH]c3c2=O)cc1. The quantitative estimate of drug-likeness (QED) is 0.475. The zero-order valence-electron chi connectivity index (χ0n) is 16.2. The van der Waals surface area contributed by atoms with E-state index in [1.807, 2.05) is 31.2 Å². The van der Waals surface area contributed by atoms with Crippen LogP contribution in [0, 0.1) is 12.7 Å². The molecule has 0 bridgehead atoms. The van der Waals surface area contributed by atoms with Crippen molar-refractivity contribution in [1.82, 2.24) is 19.9 Å². The van der Waals surface area contributed by atoms with E-state index in [2.05, 4.69) is 15.3 Å². The summed E-state index contributed by atoms with van der Waals surface area (Å²) < 4.78 is 15.0. The van der Waals surface area contributed by atoms with Crippen molar-refractivity contribution in [2.75, 3.05) is 0 Å². The second-order valence-electron chi connectivity index (χ2n) is 7.02. The van der Waals surface area contributed by atoms with E-state index in [0.717, 1.165) is 15.7 Å². The molecule has 2 aromatic carbocycles. The fourth-order valence-electron chi connectivity index (χ4n) is 3.27. The van der Waals surface area contributed by atoms with Crippen LogP contribution >= 0.6 is 0 Å². The molecule has 0 fully saturated rings. The van der Waals surface area contributed by atoms with Crippen LogP contribution in [-0.4, -0.2) is 20.4 Å². The molecule has 8 heteroatoms. The molecule has 4 aromatic rings.